The number of piperidine rings is 1. The molecule has 5 heteroatoms. The predicted octanol–water partition coefficient (Wildman–Crippen LogP) is 2.18. The quantitative estimate of drug-likeness (QED) is 0.645. The van der Waals surface area contributed by atoms with Crippen LogP contribution in [-0.2, 0) is 4.79 Å². The summed E-state index contributed by atoms with van der Waals surface area (Å²) in [5.74, 6) is 3.54. The standard InChI is InChI=1S/C17H21ClN2O2/c1-2-9-20-10-6-14(7-11-20)17(21)19-8-12-22-16-5-3-4-15(18)13-16/h1,3-5,13-14H,6-12H2,(H,19,21). The zero-order valence-corrected chi connectivity index (χ0v) is 13.3. The molecule has 22 heavy (non-hydrogen) atoms. The van der Waals surface area contributed by atoms with Crippen LogP contribution in [0.5, 0.6) is 5.75 Å². The molecular weight excluding hydrogens is 300 g/mol. The van der Waals surface area contributed by atoms with Gasteiger partial charge in [0, 0.05) is 10.9 Å². The molecule has 1 aliphatic rings. The third-order valence-electron chi connectivity index (χ3n) is 3.74. The molecule has 0 radical (unpaired) electrons. The lowest BCUT2D eigenvalue weighted by Crippen LogP contribution is -2.41. The van der Waals surface area contributed by atoms with Gasteiger partial charge in [-0.3, -0.25) is 9.69 Å². The number of benzene rings is 1. The van der Waals surface area contributed by atoms with Crippen LogP contribution in [0.1, 0.15) is 12.8 Å². The van der Waals surface area contributed by atoms with Crippen molar-refractivity contribution >= 4 is 17.5 Å². The predicted molar refractivity (Wildman–Crippen MR) is 88.0 cm³/mol. The summed E-state index contributed by atoms with van der Waals surface area (Å²) in [6, 6.07) is 7.22. The molecule has 1 heterocycles. The molecule has 2 rings (SSSR count). The zero-order valence-electron chi connectivity index (χ0n) is 12.6. The van der Waals surface area contributed by atoms with E-state index in [1.165, 1.54) is 0 Å². The van der Waals surface area contributed by atoms with Crippen LogP contribution in [0.25, 0.3) is 0 Å². The lowest BCUT2D eigenvalue weighted by molar-refractivity contribution is -0.126. The number of nitrogens with zero attached hydrogens (tertiary/aromatic N) is 1. The SMILES string of the molecule is C#CCN1CCC(C(=O)NCCOc2cccc(Cl)c2)CC1. The van der Waals surface area contributed by atoms with Crippen molar-refractivity contribution in [3.8, 4) is 18.1 Å². The number of rotatable bonds is 6. The monoisotopic (exact) mass is 320 g/mol. The van der Waals surface area contributed by atoms with Crippen molar-refractivity contribution in [2.45, 2.75) is 12.8 Å². The molecule has 1 N–H and O–H groups in total. The highest BCUT2D eigenvalue weighted by molar-refractivity contribution is 6.30. The fourth-order valence-electron chi connectivity index (χ4n) is 2.53. The fraction of sp³-hybridized carbons (Fsp3) is 0.471. The molecule has 1 saturated heterocycles. The summed E-state index contributed by atoms with van der Waals surface area (Å²) in [6.45, 7) is 3.38. The van der Waals surface area contributed by atoms with Crippen LogP contribution < -0.4 is 10.1 Å². The Hall–Kier alpha value is -1.70. The van der Waals surface area contributed by atoms with Crippen molar-refractivity contribution in [2.75, 3.05) is 32.8 Å². The normalized spacial score (nSPS) is 16.0. The number of terminal acetylenes is 1. The van der Waals surface area contributed by atoms with Crippen LogP contribution in [0.2, 0.25) is 5.02 Å². The molecule has 0 saturated carbocycles. The Bertz CT molecular complexity index is 534. The Labute approximate surface area is 136 Å². The van der Waals surface area contributed by atoms with Gasteiger partial charge in [0.15, 0.2) is 0 Å². The minimum Gasteiger partial charge on any atom is -0.492 e. The Morgan fingerprint density at radius 2 is 2.23 bits per heavy atom. The summed E-state index contributed by atoms with van der Waals surface area (Å²) >= 11 is 5.88. The molecule has 1 aliphatic heterocycles. The number of likely N-dealkylation sites (tertiary alicyclic amines) is 1. The molecule has 0 spiro atoms. The van der Waals surface area contributed by atoms with E-state index in [1.807, 2.05) is 12.1 Å². The molecule has 1 fully saturated rings. The Morgan fingerprint density at radius 3 is 2.91 bits per heavy atom. The number of ether oxygens (including phenoxy) is 1. The number of halogens is 1. The van der Waals surface area contributed by atoms with Crippen molar-refractivity contribution in [1.82, 2.24) is 10.2 Å². The molecule has 4 nitrogen and oxygen atoms in total. The van der Waals surface area contributed by atoms with Crippen molar-refractivity contribution in [3.05, 3.63) is 29.3 Å². The van der Waals surface area contributed by atoms with E-state index in [1.54, 1.807) is 12.1 Å². The lowest BCUT2D eigenvalue weighted by atomic mass is 9.96. The smallest absolute Gasteiger partial charge is 0.223 e. The van der Waals surface area contributed by atoms with E-state index >= 15 is 0 Å². The summed E-state index contributed by atoms with van der Waals surface area (Å²) in [6.07, 6.45) is 7.03. The van der Waals surface area contributed by atoms with Crippen LogP contribution in [0.15, 0.2) is 24.3 Å². The van der Waals surface area contributed by atoms with Gasteiger partial charge in [-0.25, -0.2) is 0 Å². The average molecular weight is 321 g/mol. The van der Waals surface area contributed by atoms with Gasteiger partial charge in [-0.15, -0.1) is 6.42 Å². The van der Waals surface area contributed by atoms with E-state index in [0.717, 1.165) is 25.9 Å². The Morgan fingerprint density at radius 1 is 1.45 bits per heavy atom. The maximum atomic E-state index is 12.1. The molecule has 0 aromatic heterocycles. The summed E-state index contributed by atoms with van der Waals surface area (Å²) < 4.78 is 5.54. The van der Waals surface area contributed by atoms with E-state index in [4.69, 9.17) is 22.8 Å². The first-order valence-electron chi connectivity index (χ1n) is 7.51. The largest absolute Gasteiger partial charge is 0.492 e. The number of carbonyl (C=O) groups excluding carboxylic acids is 1. The van der Waals surface area contributed by atoms with Crippen molar-refractivity contribution in [1.29, 1.82) is 0 Å². The van der Waals surface area contributed by atoms with Crippen LogP contribution in [0, 0.1) is 18.3 Å². The first kappa shape index (κ1) is 16.7. The van der Waals surface area contributed by atoms with Gasteiger partial charge in [-0.05, 0) is 44.1 Å². The van der Waals surface area contributed by atoms with E-state index in [0.29, 0.717) is 30.5 Å². The molecule has 1 aromatic carbocycles. The molecule has 0 bridgehead atoms. The van der Waals surface area contributed by atoms with Crippen LogP contribution >= 0.6 is 11.6 Å². The first-order valence-corrected chi connectivity index (χ1v) is 7.88. The van der Waals surface area contributed by atoms with E-state index in [9.17, 15) is 4.79 Å². The minimum absolute atomic E-state index is 0.0835. The number of carbonyl (C=O) groups is 1. The highest BCUT2D eigenvalue weighted by Gasteiger charge is 2.24. The van der Waals surface area contributed by atoms with Gasteiger partial charge >= 0.3 is 0 Å². The van der Waals surface area contributed by atoms with Gasteiger partial charge in [-0.2, -0.15) is 0 Å². The third-order valence-corrected chi connectivity index (χ3v) is 3.97. The fourth-order valence-corrected chi connectivity index (χ4v) is 2.71. The molecule has 118 valence electrons. The lowest BCUT2D eigenvalue weighted by Gasteiger charge is -2.29. The molecule has 0 aliphatic carbocycles. The van der Waals surface area contributed by atoms with Crippen molar-refractivity contribution in [3.63, 3.8) is 0 Å². The zero-order chi connectivity index (χ0) is 15.8. The van der Waals surface area contributed by atoms with E-state index < -0.39 is 0 Å². The van der Waals surface area contributed by atoms with Crippen LogP contribution in [-0.4, -0.2) is 43.6 Å². The van der Waals surface area contributed by atoms with E-state index in [2.05, 4.69) is 16.1 Å². The number of hydrogen-bond donors (Lipinski definition) is 1. The molecule has 0 atom stereocenters. The third kappa shape index (κ3) is 5.25. The molecular formula is C17H21ClN2O2. The van der Waals surface area contributed by atoms with Gasteiger partial charge in [0.2, 0.25) is 5.91 Å². The van der Waals surface area contributed by atoms with E-state index in [-0.39, 0.29) is 11.8 Å². The maximum absolute atomic E-state index is 12.1. The minimum atomic E-state index is 0.0835. The maximum Gasteiger partial charge on any atom is 0.223 e. The molecule has 1 amide bonds. The summed E-state index contributed by atoms with van der Waals surface area (Å²) in [4.78, 5) is 14.3. The highest BCUT2D eigenvalue weighted by Crippen LogP contribution is 2.18. The second kappa shape index (κ2) is 8.67. The first-order chi connectivity index (χ1) is 10.7. The van der Waals surface area contributed by atoms with Gasteiger partial charge in [0.05, 0.1) is 13.1 Å². The van der Waals surface area contributed by atoms with Crippen molar-refractivity contribution < 1.29 is 9.53 Å². The molecule has 0 unspecified atom stereocenters. The van der Waals surface area contributed by atoms with Crippen LogP contribution in [0.4, 0.5) is 0 Å². The number of amides is 1. The van der Waals surface area contributed by atoms with Gasteiger partial charge < -0.3 is 10.1 Å². The van der Waals surface area contributed by atoms with Gasteiger partial charge in [-0.1, -0.05) is 23.6 Å². The second-order valence-corrected chi connectivity index (χ2v) is 5.79. The molecule has 1 aromatic rings. The topological polar surface area (TPSA) is 41.6 Å². The van der Waals surface area contributed by atoms with Gasteiger partial charge in [0.1, 0.15) is 12.4 Å². The average Bonchev–Trinajstić information content (AvgIpc) is 2.52. The summed E-state index contributed by atoms with van der Waals surface area (Å²) in [7, 11) is 0. The van der Waals surface area contributed by atoms with Gasteiger partial charge in [0.25, 0.3) is 0 Å². The van der Waals surface area contributed by atoms with Crippen LogP contribution in [0.3, 0.4) is 0 Å². The summed E-state index contributed by atoms with van der Waals surface area (Å²) in [5.41, 5.74) is 0. The second-order valence-electron chi connectivity index (χ2n) is 5.35. The van der Waals surface area contributed by atoms with Crippen molar-refractivity contribution in [2.24, 2.45) is 5.92 Å². The highest BCUT2D eigenvalue weighted by atomic mass is 35.5. The summed E-state index contributed by atoms with van der Waals surface area (Å²) in [5, 5.41) is 3.57. The Balaban J connectivity index is 1.63. The number of nitrogens with one attached hydrogen (secondary N) is 1. The number of hydrogen-bond acceptors (Lipinski definition) is 3. The Kier molecular flexibility index (Phi) is 6.57.